The third-order valence-electron chi connectivity index (χ3n) is 4.19. The number of ether oxygens (including phenoxy) is 1. The zero-order chi connectivity index (χ0) is 15.5. The van der Waals surface area contributed by atoms with Gasteiger partial charge >= 0.3 is 0 Å². The Morgan fingerprint density at radius 1 is 1.14 bits per heavy atom. The minimum atomic E-state index is 0.154. The van der Waals surface area contributed by atoms with Crippen molar-refractivity contribution in [3.63, 3.8) is 0 Å². The average molecular weight is 302 g/mol. The second-order valence-corrected chi connectivity index (χ2v) is 5.53. The summed E-state index contributed by atoms with van der Waals surface area (Å²) >= 11 is 0. The molecule has 0 amide bonds. The van der Waals surface area contributed by atoms with Crippen LogP contribution in [0.5, 0.6) is 5.75 Å². The van der Waals surface area contributed by atoms with E-state index < -0.39 is 0 Å². The molecule has 0 unspecified atom stereocenters. The third-order valence-corrected chi connectivity index (χ3v) is 4.19. The zero-order valence-electron chi connectivity index (χ0n) is 13.3. The summed E-state index contributed by atoms with van der Waals surface area (Å²) in [4.78, 5) is 4.74. The number of para-hydroxylation sites is 2. The first-order chi connectivity index (χ1) is 10.7. The first kappa shape index (κ1) is 14.8. The molecule has 1 fully saturated rings. The van der Waals surface area contributed by atoms with Crippen LogP contribution in [0.3, 0.4) is 0 Å². The van der Waals surface area contributed by atoms with E-state index in [0.717, 1.165) is 37.6 Å². The van der Waals surface area contributed by atoms with E-state index in [1.54, 1.807) is 7.11 Å². The quantitative estimate of drug-likeness (QED) is 0.863. The fourth-order valence-electron chi connectivity index (χ4n) is 2.88. The number of aromatic nitrogens is 2. The molecule has 0 radical (unpaired) electrons. The van der Waals surface area contributed by atoms with Gasteiger partial charge in [0.15, 0.2) is 0 Å². The van der Waals surface area contributed by atoms with Gasteiger partial charge in [0.05, 0.1) is 18.8 Å². The summed E-state index contributed by atoms with van der Waals surface area (Å²) in [6.45, 7) is 7.77. The van der Waals surface area contributed by atoms with Crippen LogP contribution < -0.4 is 9.64 Å². The fourth-order valence-corrected chi connectivity index (χ4v) is 2.88. The molecule has 6 heteroatoms. The molecule has 2 heterocycles. The SMILES string of the molecule is COc1ccccc1N1CCN([C@H](C)c2nnc(C)o2)CC1. The lowest BCUT2D eigenvalue weighted by Gasteiger charge is -2.38. The molecule has 0 aliphatic carbocycles. The normalized spacial score (nSPS) is 17.5. The van der Waals surface area contributed by atoms with Crippen molar-refractivity contribution in [1.82, 2.24) is 15.1 Å². The minimum absolute atomic E-state index is 0.154. The first-order valence-electron chi connectivity index (χ1n) is 7.61. The van der Waals surface area contributed by atoms with E-state index in [0.29, 0.717) is 11.8 Å². The van der Waals surface area contributed by atoms with E-state index >= 15 is 0 Å². The maximum absolute atomic E-state index is 5.55. The van der Waals surface area contributed by atoms with Crippen molar-refractivity contribution in [2.24, 2.45) is 0 Å². The van der Waals surface area contributed by atoms with Crippen molar-refractivity contribution in [3.8, 4) is 5.75 Å². The number of anilines is 1. The number of benzene rings is 1. The highest BCUT2D eigenvalue weighted by atomic mass is 16.5. The van der Waals surface area contributed by atoms with Crippen LogP contribution in [0.4, 0.5) is 5.69 Å². The fraction of sp³-hybridized carbons (Fsp3) is 0.500. The average Bonchev–Trinajstić information content (AvgIpc) is 3.01. The van der Waals surface area contributed by atoms with Gasteiger partial charge in [-0.25, -0.2) is 0 Å². The summed E-state index contributed by atoms with van der Waals surface area (Å²) in [5.41, 5.74) is 1.16. The molecular weight excluding hydrogens is 280 g/mol. The summed E-state index contributed by atoms with van der Waals surface area (Å²) in [6, 6.07) is 8.32. The molecule has 1 saturated heterocycles. The lowest BCUT2D eigenvalue weighted by atomic mass is 10.2. The second-order valence-electron chi connectivity index (χ2n) is 5.53. The van der Waals surface area contributed by atoms with Crippen LogP contribution in [0, 0.1) is 6.92 Å². The van der Waals surface area contributed by atoms with Crippen LogP contribution in [0.25, 0.3) is 0 Å². The van der Waals surface area contributed by atoms with Crippen LogP contribution in [-0.4, -0.2) is 48.4 Å². The van der Waals surface area contributed by atoms with Crippen LogP contribution in [0.1, 0.15) is 24.7 Å². The Bertz CT molecular complexity index is 620. The number of methoxy groups -OCH3 is 1. The van der Waals surface area contributed by atoms with E-state index in [1.165, 1.54) is 0 Å². The van der Waals surface area contributed by atoms with Crippen LogP contribution in [-0.2, 0) is 0 Å². The van der Waals surface area contributed by atoms with Crippen molar-refractivity contribution in [2.75, 3.05) is 38.2 Å². The Kier molecular flexibility index (Phi) is 4.29. The van der Waals surface area contributed by atoms with Gasteiger partial charge in [-0.3, -0.25) is 4.90 Å². The summed E-state index contributed by atoms with van der Waals surface area (Å²) in [5.74, 6) is 2.24. The Morgan fingerprint density at radius 2 is 1.86 bits per heavy atom. The predicted molar refractivity (Wildman–Crippen MR) is 84.2 cm³/mol. The molecular formula is C16H22N4O2. The van der Waals surface area contributed by atoms with Crippen molar-refractivity contribution >= 4 is 5.69 Å². The first-order valence-corrected chi connectivity index (χ1v) is 7.61. The summed E-state index contributed by atoms with van der Waals surface area (Å²) in [7, 11) is 1.72. The van der Waals surface area contributed by atoms with Crippen molar-refractivity contribution in [1.29, 1.82) is 0 Å². The smallest absolute Gasteiger partial charge is 0.233 e. The minimum Gasteiger partial charge on any atom is -0.495 e. The summed E-state index contributed by atoms with van der Waals surface area (Å²) in [5, 5.41) is 8.05. The van der Waals surface area contributed by atoms with Gasteiger partial charge in [-0.2, -0.15) is 0 Å². The van der Waals surface area contributed by atoms with Crippen molar-refractivity contribution in [3.05, 3.63) is 36.0 Å². The van der Waals surface area contributed by atoms with Gasteiger partial charge in [0, 0.05) is 33.1 Å². The number of piperazine rings is 1. The molecule has 3 rings (SSSR count). The lowest BCUT2D eigenvalue weighted by molar-refractivity contribution is 0.171. The van der Waals surface area contributed by atoms with Crippen LogP contribution in [0.15, 0.2) is 28.7 Å². The molecule has 22 heavy (non-hydrogen) atoms. The number of hydrogen-bond donors (Lipinski definition) is 0. The van der Waals surface area contributed by atoms with Gasteiger partial charge in [0.2, 0.25) is 11.8 Å². The Morgan fingerprint density at radius 3 is 2.50 bits per heavy atom. The number of nitrogens with zero attached hydrogens (tertiary/aromatic N) is 4. The monoisotopic (exact) mass is 302 g/mol. The molecule has 0 saturated carbocycles. The Balaban J connectivity index is 1.65. The topological polar surface area (TPSA) is 54.6 Å². The maximum Gasteiger partial charge on any atom is 0.233 e. The van der Waals surface area contributed by atoms with Gasteiger partial charge in [-0.15, -0.1) is 10.2 Å². The predicted octanol–water partition coefficient (Wildman–Crippen LogP) is 2.27. The number of hydrogen-bond acceptors (Lipinski definition) is 6. The largest absolute Gasteiger partial charge is 0.495 e. The molecule has 0 spiro atoms. The van der Waals surface area contributed by atoms with Crippen molar-refractivity contribution in [2.45, 2.75) is 19.9 Å². The van der Waals surface area contributed by atoms with Gasteiger partial charge < -0.3 is 14.1 Å². The summed E-state index contributed by atoms with van der Waals surface area (Å²) < 4.78 is 11.0. The highest BCUT2D eigenvalue weighted by molar-refractivity contribution is 5.58. The number of rotatable bonds is 4. The third kappa shape index (κ3) is 2.92. The summed E-state index contributed by atoms with van der Waals surface area (Å²) in [6.07, 6.45) is 0. The molecule has 0 bridgehead atoms. The molecule has 1 aromatic carbocycles. The highest BCUT2D eigenvalue weighted by Crippen LogP contribution is 2.29. The molecule has 1 aliphatic heterocycles. The highest BCUT2D eigenvalue weighted by Gasteiger charge is 2.26. The Labute approximate surface area is 130 Å². The van der Waals surface area contributed by atoms with Gasteiger partial charge in [0.1, 0.15) is 5.75 Å². The molecule has 118 valence electrons. The van der Waals surface area contributed by atoms with Crippen molar-refractivity contribution < 1.29 is 9.15 Å². The van der Waals surface area contributed by atoms with E-state index in [2.05, 4.69) is 33.0 Å². The van der Waals surface area contributed by atoms with Gasteiger partial charge in [-0.05, 0) is 19.1 Å². The standard InChI is InChI=1S/C16H22N4O2/c1-12(16-18-17-13(2)22-16)19-8-10-20(11-9-19)14-6-4-5-7-15(14)21-3/h4-7,12H,8-11H2,1-3H3/t12-/m1/s1. The lowest BCUT2D eigenvalue weighted by Crippen LogP contribution is -2.47. The van der Waals surface area contributed by atoms with E-state index in [9.17, 15) is 0 Å². The molecule has 2 aromatic rings. The van der Waals surface area contributed by atoms with E-state index in [4.69, 9.17) is 9.15 Å². The number of aryl methyl sites for hydroxylation is 1. The van der Waals surface area contributed by atoms with Gasteiger partial charge in [0.25, 0.3) is 0 Å². The molecule has 6 nitrogen and oxygen atoms in total. The molecule has 1 aromatic heterocycles. The van der Waals surface area contributed by atoms with Crippen LogP contribution >= 0.6 is 0 Å². The van der Waals surface area contributed by atoms with E-state index in [-0.39, 0.29) is 6.04 Å². The zero-order valence-corrected chi connectivity index (χ0v) is 13.3. The van der Waals surface area contributed by atoms with Crippen LogP contribution in [0.2, 0.25) is 0 Å². The van der Waals surface area contributed by atoms with E-state index in [1.807, 2.05) is 25.1 Å². The maximum atomic E-state index is 5.55. The molecule has 1 aliphatic rings. The molecule has 1 atom stereocenters. The molecule has 0 N–H and O–H groups in total. The second kappa shape index (κ2) is 6.36. The Hall–Kier alpha value is -2.08. The van der Waals surface area contributed by atoms with Gasteiger partial charge in [-0.1, -0.05) is 12.1 Å².